The summed E-state index contributed by atoms with van der Waals surface area (Å²) in [5, 5.41) is 12.0. The molecule has 0 aliphatic carbocycles. The van der Waals surface area contributed by atoms with E-state index in [4.69, 9.17) is 14.4 Å². The fraction of sp³-hybridized carbons (Fsp3) is 0.615. The summed E-state index contributed by atoms with van der Waals surface area (Å²) in [5.74, 6) is 1.16. The zero-order valence-corrected chi connectivity index (χ0v) is 10.7. The molecule has 0 aliphatic rings. The van der Waals surface area contributed by atoms with Crippen molar-refractivity contribution >= 4 is 0 Å². The van der Waals surface area contributed by atoms with Crippen molar-refractivity contribution in [3.63, 3.8) is 0 Å². The Morgan fingerprint density at radius 1 is 1.47 bits per heavy atom. The molecule has 17 heavy (non-hydrogen) atoms. The number of nitriles is 1. The van der Waals surface area contributed by atoms with Crippen LogP contribution in [0.5, 0.6) is 0 Å². The molecule has 0 spiro atoms. The van der Waals surface area contributed by atoms with Crippen LogP contribution < -0.4 is 5.32 Å². The lowest BCUT2D eigenvalue weighted by Gasteiger charge is -2.24. The molecule has 0 unspecified atom stereocenters. The highest BCUT2D eigenvalue weighted by molar-refractivity contribution is 5.18. The van der Waals surface area contributed by atoms with Crippen LogP contribution in [-0.4, -0.2) is 20.3 Å². The summed E-state index contributed by atoms with van der Waals surface area (Å²) in [4.78, 5) is 0. The number of methoxy groups -OCH3 is 1. The molecule has 1 aromatic heterocycles. The van der Waals surface area contributed by atoms with Crippen LogP contribution >= 0.6 is 0 Å². The number of furan rings is 1. The second-order valence-electron chi connectivity index (χ2n) is 4.89. The highest BCUT2D eigenvalue weighted by Gasteiger charge is 2.16. The first-order chi connectivity index (χ1) is 8.07. The van der Waals surface area contributed by atoms with Crippen molar-refractivity contribution in [3.05, 3.63) is 23.7 Å². The Morgan fingerprint density at radius 3 is 2.82 bits per heavy atom. The predicted molar refractivity (Wildman–Crippen MR) is 65.4 cm³/mol. The summed E-state index contributed by atoms with van der Waals surface area (Å²) in [6, 6.07) is 5.49. The Morgan fingerprint density at radius 2 is 2.24 bits per heavy atom. The van der Waals surface area contributed by atoms with Gasteiger partial charge < -0.3 is 14.5 Å². The minimum absolute atomic E-state index is 0.195. The van der Waals surface area contributed by atoms with Crippen LogP contribution in [0, 0.1) is 16.7 Å². The molecule has 0 amide bonds. The third-order valence-electron chi connectivity index (χ3n) is 2.66. The Kier molecular flexibility index (Phi) is 5.20. The van der Waals surface area contributed by atoms with Crippen molar-refractivity contribution in [2.75, 3.05) is 20.3 Å². The van der Waals surface area contributed by atoms with Gasteiger partial charge in [-0.25, -0.2) is 0 Å². The van der Waals surface area contributed by atoms with Crippen molar-refractivity contribution in [2.45, 2.75) is 26.8 Å². The van der Waals surface area contributed by atoms with Gasteiger partial charge in [-0.1, -0.05) is 13.8 Å². The van der Waals surface area contributed by atoms with Gasteiger partial charge in [0.2, 0.25) is 5.76 Å². The maximum Gasteiger partial charge on any atom is 0.203 e. The van der Waals surface area contributed by atoms with Crippen LogP contribution in [0.3, 0.4) is 0 Å². The number of ether oxygens (including phenoxy) is 1. The molecule has 1 rings (SSSR count). The lowest BCUT2D eigenvalue weighted by atomic mass is 9.90. The van der Waals surface area contributed by atoms with E-state index in [0.29, 0.717) is 12.3 Å². The zero-order valence-electron chi connectivity index (χ0n) is 10.7. The first-order valence-corrected chi connectivity index (χ1v) is 5.76. The van der Waals surface area contributed by atoms with E-state index in [9.17, 15) is 0 Å². The molecule has 0 aliphatic heterocycles. The van der Waals surface area contributed by atoms with Crippen molar-refractivity contribution in [1.82, 2.24) is 5.32 Å². The lowest BCUT2D eigenvalue weighted by Crippen LogP contribution is -2.30. The van der Waals surface area contributed by atoms with E-state index in [1.165, 1.54) is 0 Å². The molecule has 1 aromatic rings. The maximum atomic E-state index is 8.62. The summed E-state index contributed by atoms with van der Waals surface area (Å²) < 4.78 is 10.4. The van der Waals surface area contributed by atoms with Crippen LogP contribution in [0.1, 0.15) is 31.8 Å². The van der Waals surface area contributed by atoms with Crippen molar-refractivity contribution in [2.24, 2.45) is 5.41 Å². The van der Waals surface area contributed by atoms with Gasteiger partial charge in [-0.15, -0.1) is 0 Å². The summed E-state index contributed by atoms with van der Waals surface area (Å²) in [7, 11) is 1.72. The van der Waals surface area contributed by atoms with Gasteiger partial charge in [-0.3, -0.25) is 0 Å². The second-order valence-corrected chi connectivity index (χ2v) is 4.89. The first kappa shape index (κ1) is 13.8. The topological polar surface area (TPSA) is 58.2 Å². The van der Waals surface area contributed by atoms with Crippen LogP contribution in [0.4, 0.5) is 0 Å². The van der Waals surface area contributed by atoms with Gasteiger partial charge in [0.1, 0.15) is 11.8 Å². The Labute approximate surface area is 103 Å². The molecule has 0 radical (unpaired) electrons. The molecule has 0 saturated heterocycles. The molecule has 4 nitrogen and oxygen atoms in total. The van der Waals surface area contributed by atoms with Crippen LogP contribution in [-0.2, 0) is 11.3 Å². The van der Waals surface area contributed by atoms with E-state index in [1.54, 1.807) is 13.2 Å². The quantitative estimate of drug-likeness (QED) is 0.789. The number of nitrogens with one attached hydrogen (secondary N) is 1. The molecular weight excluding hydrogens is 216 g/mol. The molecule has 1 N–H and O–H groups in total. The van der Waals surface area contributed by atoms with E-state index in [2.05, 4.69) is 19.2 Å². The predicted octanol–water partition coefficient (Wildman–Crippen LogP) is 2.30. The second kappa shape index (κ2) is 6.43. The van der Waals surface area contributed by atoms with E-state index < -0.39 is 0 Å². The highest BCUT2D eigenvalue weighted by Crippen LogP contribution is 2.19. The largest absolute Gasteiger partial charge is 0.449 e. The normalized spacial score (nSPS) is 11.4. The standard InChI is InChI=1S/C13H20N2O2/c1-13(2,6-7-16-3)10-15-9-12-5-4-11(8-14)17-12/h4-5,15H,6-7,9-10H2,1-3H3. The molecular formula is C13H20N2O2. The molecule has 0 atom stereocenters. The number of rotatable bonds is 7. The molecule has 4 heteroatoms. The number of nitrogens with zero attached hydrogens (tertiary/aromatic N) is 1. The summed E-state index contributed by atoms with van der Waals surface area (Å²) in [6.07, 6.45) is 1.01. The fourth-order valence-electron chi connectivity index (χ4n) is 1.52. The number of hydrogen-bond acceptors (Lipinski definition) is 4. The molecule has 1 heterocycles. The Balaban J connectivity index is 2.29. The summed E-state index contributed by atoms with van der Waals surface area (Å²) in [5.41, 5.74) is 0.195. The van der Waals surface area contributed by atoms with Crippen LogP contribution in [0.2, 0.25) is 0 Å². The van der Waals surface area contributed by atoms with Crippen LogP contribution in [0.15, 0.2) is 16.5 Å². The smallest absolute Gasteiger partial charge is 0.203 e. The Bertz CT molecular complexity index is 377. The fourth-order valence-corrected chi connectivity index (χ4v) is 1.52. The average molecular weight is 236 g/mol. The van der Waals surface area contributed by atoms with E-state index in [-0.39, 0.29) is 5.41 Å². The van der Waals surface area contributed by atoms with Gasteiger partial charge in [0, 0.05) is 20.3 Å². The third-order valence-corrected chi connectivity index (χ3v) is 2.66. The lowest BCUT2D eigenvalue weighted by molar-refractivity contribution is 0.150. The van der Waals surface area contributed by atoms with Crippen molar-refractivity contribution < 1.29 is 9.15 Å². The first-order valence-electron chi connectivity index (χ1n) is 5.76. The van der Waals surface area contributed by atoms with Gasteiger partial charge in [0.05, 0.1) is 6.54 Å². The van der Waals surface area contributed by atoms with Crippen molar-refractivity contribution in [3.8, 4) is 6.07 Å². The molecule has 0 aromatic carbocycles. The average Bonchev–Trinajstić information content (AvgIpc) is 2.74. The van der Waals surface area contributed by atoms with E-state index in [1.807, 2.05) is 12.1 Å². The van der Waals surface area contributed by atoms with E-state index >= 15 is 0 Å². The zero-order chi connectivity index (χ0) is 12.7. The van der Waals surface area contributed by atoms with Crippen LogP contribution in [0.25, 0.3) is 0 Å². The Hall–Kier alpha value is -1.31. The van der Waals surface area contributed by atoms with Crippen molar-refractivity contribution in [1.29, 1.82) is 5.26 Å². The highest BCUT2D eigenvalue weighted by atomic mass is 16.5. The third kappa shape index (κ3) is 5.03. The summed E-state index contributed by atoms with van der Waals surface area (Å²) >= 11 is 0. The van der Waals surface area contributed by atoms with E-state index in [0.717, 1.165) is 25.3 Å². The van der Waals surface area contributed by atoms with Gasteiger partial charge in [0.15, 0.2) is 0 Å². The molecule has 94 valence electrons. The molecule has 0 fully saturated rings. The number of hydrogen-bond donors (Lipinski definition) is 1. The monoisotopic (exact) mass is 236 g/mol. The van der Waals surface area contributed by atoms with Gasteiger partial charge in [-0.05, 0) is 24.0 Å². The minimum Gasteiger partial charge on any atom is -0.449 e. The van der Waals surface area contributed by atoms with Gasteiger partial charge in [0.25, 0.3) is 0 Å². The molecule has 0 saturated carbocycles. The maximum absolute atomic E-state index is 8.62. The minimum atomic E-state index is 0.195. The molecule has 0 bridgehead atoms. The summed E-state index contributed by atoms with van der Waals surface area (Å²) in [6.45, 7) is 6.70. The van der Waals surface area contributed by atoms with Gasteiger partial charge in [-0.2, -0.15) is 5.26 Å². The van der Waals surface area contributed by atoms with Gasteiger partial charge >= 0.3 is 0 Å². The SMILES string of the molecule is COCCC(C)(C)CNCc1ccc(C#N)o1.